The summed E-state index contributed by atoms with van der Waals surface area (Å²) < 4.78 is 0. The summed E-state index contributed by atoms with van der Waals surface area (Å²) in [6, 6.07) is 10.1. The molecular formula is C15H19ClO. The fourth-order valence-electron chi connectivity index (χ4n) is 2.58. The van der Waals surface area contributed by atoms with Gasteiger partial charge in [-0.2, -0.15) is 0 Å². The van der Waals surface area contributed by atoms with Gasteiger partial charge in [-0.05, 0) is 48.3 Å². The molecule has 1 aromatic rings. The van der Waals surface area contributed by atoms with Gasteiger partial charge in [0, 0.05) is 5.41 Å². The Labute approximate surface area is 108 Å². The summed E-state index contributed by atoms with van der Waals surface area (Å²) in [5.74, 6) is 0. The third kappa shape index (κ3) is 3.10. The first-order valence-corrected chi connectivity index (χ1v) is 6.55. The molecule has 0 heterocycles. The normalized spacial score (nSPS) is 20.6. The standard InChI is InChI=1S/C15H19ClO/c1-14(8-9-14)11-15(2,13(16)17)10-12-6-4-3-5-7-12/h3-7H,8-11H2,1-2H3/t15-/m0/s1. The number of benzene rings is 1. The lowest BCUT2D eigenvalue weighted by Crippen LogP contribution is -2.29. The van der Waals surface area contributed by atoms with Crippen molar-refractivity contribution in [2.24, 2.45) is 10.8 Å². The Balaban J connectivity index is 2.14. The predicted octanol–water partition coefficient (Wildman–Crippen LogP) is 4.19. The van der Waals surface area contributed by atoms with Crippen LogP contribution in [0.4, 0.5) is 0 Å². The van der Waals surface area contributed by atoms with Gasteiger partial charge in [-0.1, -0.05) is 44.2 Å². The van der Waals surface area contributed by atoms with Crippen LogP contribution < -0.4 is 0 Å². The topological polar surface area (TPSA) is 17.1 Å². The Hall–Kier alpha value is -0.820. The first-order chi connectivity index (χ1) is 7.94. The van der Waals surface area contributed by atoms with Crippen LogP contribution in [0, 0.1) is 10.8 Å². The van der Waals surface area contributed by atoms with Crippen LogP contribution in [0.5, 0.6) is 0 Å². The van der Waals surface area contributed by atoms with Crippen LogP contribution >= 0.6 is 11.6 Å². The molecule has 1 fully saturated rings. The summed E-state index contributed by atoms with van der Waals surface area (Å²) in [5, 5.41) is -0.200. The largest absolute Gasteiger partial charge is 0.281 e. The van der Waals surface area contributed by atoms with Crippen LogP contribution in [0.2, 0.25) is 0 Å². The Bertz CT molecular complexity index is 408. The molecule has 0 spiro atoms. The molecule has 1 aromatic carbocycles. The number of halogens is 1. The van der Waals surface area contributed by atoms with E-state index >= 15 is 0 Å². The molecule has 1 saturated carbocycles. The number of rotatable bonds is 5. The van der Waals surface area contributed by atoms with Crippen molar-refractivity contribution in [1.29, 1.82) is 0 Å². The molecule has 1 nitrogen and oxygen atoms in total. The van der Waals surface area contributed by atoms with Gasteiger partial charge < -0.3 is 0 Å². The third-order valence-corrected chi connectivity index (χ3v) is 4.29. The highest BCUT2D eigenvalue weighted by Crippen LogP contribution is 2.54. The van der Waals surface area contributed by atoms with Crippen molar-refractivity contribution in [2.75, 3.05) is 0 Å². The predicted molar refractivity (Wildman–Crippen MR) is 71.1 cm³/mol. The van der Waals surface area contributed by atoms with Gasteiger partial charge in [-0.15, -0.1) is 0 Å². The molecule has 2 rings (SSSR count). The molecule has 17 heavy (non-hydrogen) atoms. The van der Waals surface area contributed by atoms with Crippen molar-refractivity contribution in [1.82, 2.24) is 0 Å². The molecule has 0 aliphatic heterocycles. The molecule has 0 aromatic heterocycles. The van der Waals surface area contributed by atoms with Crippen molar-refractivity contribution < 1.29 is 4.79 Å². The second kappa shape index (κ2) is 4.45. The second-order valence-electron chi connectivity index (χ2n) is 5.98. The lowest BCUT2D eigenvalue weighted by molar-refractivity contribution is -0.120. The van der Waals surface area contributed by atoms with Crippen molar-refractivity contribution in [2.45, 2.75) is 39.5 Å². The first-order valence-electron chi connectivity index (χ1n) is 6.18. The molecule has 1 aliphatic carbocycles. The maximum Gasteiger partial charge on any atom is 0.227 e. The van der Waals surface area contributed by atoms with Crippen LogP contribution in [0.15, 0.2) is 30.3 Å². The molecule has 2 heteroatoms. The van der Waals surface area contributed by atoms with E-state index < -0.39 is 5.41 Å². The van der Waals surface area contributed by atoms with E-state index in [0.717, 1.165) is 12.8 Å². The minimum atomic E-state index is -0.422. The Kier molecular flexibility index (Phi) is 3.31. The summed E-state index contributed by atoms with van der Waals surface area (Å²) >= 11 is 5.83. The zero-order valence-corrected chi connectivity index (χ0v) is 11.3. The van der Waals surface area contributed by atoms with E-state index in [2.05, 4.69) is 19.1 Å². The number of carbonyl (C=O) groups is 1. The SMILES string of the molecule is CC1(C[C@](C)(Cc2ccccc2)C(=O)Cl)CC1. The fourth-order valence-corrected chi connectivity index (χ4v) is 2.71. The van der Waals surface area contributed by atoms with Gasteiger partial charge in [0.2, 0.25) is 5.24 Å². The van der Waals surface area contributed by atoms with Gasteiger partial charge in [-0.25, -0.2) is 0 Å². The van der Waals surface area contributed by atoms with E-state index in [0.29, 0.717) is 5.41 Å². The summed E-state index contributed by atoms with van der Waals surface area (Å²) in [7, 11) is 0. The summed E-state index contributed by atoms with van der Waals surface area (Å²) in [6.45, 7) is 4.25. The second-order valence-corrected chi connectivity index (χ2v) is 6.33. The molecule has 0 N–H and O–H groups in total. The average molecular weight is 251 g/mol. The number of hydrogen-bond acceptors (Lipinski definition) is 1. The Morgan fingerprint density at radius 1 is 1.35 bits per heavy atom. The van der Waals surface area contributed by atoms with E-state index in [1.54, 1.807) is 0 Å². The molecule has 0 unspecified atom stereocenters. The lowest BCUT2D eigenvalue weighted by atomic mass is 9.76. The molecular weight excluding hydrogens is 232 g/mol. The zero-order chi connectivity index (χ0) is 12.5. The van der Waals surface area contributed by atoms with Gasteiger partial charge in [0.1, 0.15) is 0 Å². The molecule has 0 saturated heterocycles. The van der Waals surface area contributed by atoms with Crippen LogP contribution in [0.25, 0.3) is 0 Å². The van der Waals surface area contributed by atoms with Crippen molar-refractivity contribution >= 4 is 16.8 Å². The van der Waals surface area contributed by atoms with Gasteiger partial charge in [0.25, 0.3) is 0 Å². The van der Waals surface area contributed by atoms with Crippen molar-refractivity contribution in [3.63, 3.8) is 0 Å². The number of carbonyl (C=O) groups excluding carboxylic acids is 1. The smallest absolute Gasteiger partial charge is 0.227 e. The van der Waals surface area contributed by atoms with Gasteiger partial charge in [0.05, 0.1) is 0 Å². The van der Waals surface area contributed by atoms with Crippen LogP contribution in [0.3, 0.4) is 0 Å². The summed E-state index contributed by atoms with van der Waals surface area (Å²) in [4.78, 5) is 11.7. The van der Waals surface area contributed by atoms with E-state index in [9.17, 15) is 4.79 Å². The zero-order valence-electron chi connectivity index (χ0n) is 10.5. The van der Waals surface area contributed by atoms with E-state index in [-0.39, 0.29) is 5.24 Å². The fraction of sp³-hybridized carbons (Fsp3) is 0.533. The van der Waals surface area contributed by atoms with Gasteiger partial charge in [-0.3, -0.25) is 4.79 Å². The van der Waals surface area contributed by atoms with Crippen molar-refractivity contribution in [3.05, 3.63) is 35.9 Å². The number of hydrogen-bond donors (Lipinski definition) is 0. The maximum absolute atomic E-state index is 11.7. The molecule has 1 aliphatic rings. The molecule has 0 radical (unpaired) electrons. The van der Waals surface area contributed by atoms with Crippen molar-refractivity contribution in [3.8, 4) is 0 Å². The highest BCUT2D eigenvalue weighted by Gasteiger charge is 2.46. The summed E-state index contributed by atoms with van der Waals surface area (Å²) in [6.07, 6.45) is 4.09. The quantitative estimate of drug-likeness (QED) is 0.716. The Morgan fingerprint density at radius 2 is 1.94 bits per heavy atom. The van der Waals surface area contributed by atoms with Gasteiger partial charge in [0.15, 0.2) is 0 Å². The highest BCUT2D eigenvalue weighted by atomic mass is 35.5. The monoisotopic (exact) mass is 250 g/mol. The van der Waals surface area contributed by atoms with E-state index in [4.69, 9.17) is 11.6 Å². The molecule has 1 atom stereocenters. The first kappa shape index (κ1) is 12.6. The maximum atomic E-state index is 11.7. The van der Waals surface area contributed by atoms with Crippen LogP contribution in [-0.4, -0.2) is 5.24 Å². The van der Waals surface area contributed by atoms with Crippen LogP contribution in [-0.2, 0) is 11.2 Å². The third-order valence-electron chi connectivity index (χ3n) is 3.83. The average Bonchev–Trinajstić information content (AvgIpc) is 2.96. The lowest BCUT2D eigenvalue weighted by Gasteiger charge is -2.28. The highest BCUT2D eigenvalue weighted by molar-refractivity contribution is 6.64. The minimum absolute atomic E-state index is 0.200. The Morgan fingerprint density at radius 3 is 2.41 bits per heavy atom. The molecule has 0 bridgehead atoms. The van der Waals surface area contributed by atoms with E-state index in [1.807, 2.05) is 25.1 Å². The van der Waals surface area contributed by atoms with E-state index in [1.165, 1.54) is 18.4 Å². The van der Waals surface area contributed by atoms with Crippen LogP contribution in [0.1, 0.15) is 38.7 Å². The minimum Gasteiger partial charge on any atom is -0.281 e. The van der Waals surface area contributed by atoms with Gasteiger partial charge >= 0.3 is 0 Å². The molecule has 0 amide bonds. The molecule has 92 valence electrons. The summed E-state index contributed by atoms with van der Waals surface area (Å²) in [5.41, 5.74) is 1.11.